The lowest BCUT2D eigenvalue weighted by Gasteiger charge is -2.20. The molecule has 4 heteroatoms. The summed E-state index contributed by atoms with van der Waals surface area (Å²) in [5.41, 5.74) is 1.67. The number of allylic oxidation sites excluding steroid dienone is 2. The van der Waals surface area contributed by atoms with E-state index in [-0.39, 0.29) is 29.3 Å². The van der Waals surface area contributed by atoms with Crippen molar-refractivity contribution in [2.24, 2.45) is 11.8 Å². The number of esters is 1. The van der Waals surface area contributed by atoms with Gasteiger partial charge in [0, 0.05) is 17.4 Å². The lowest BCUT2D eigenvalue weighted by Crippen LogP contribution is -2.33. The SMILES string of the molecule is C=C1C(=O)O[C@@H]2C(=O)[C@H](C)CCC/C(C)=C/CC[C@@]3(C)O[C@@H]3C[C@@H]12. The summed E-state index contributed by atoms with van der Waals surface area (Å²) in [5.74, 6) is -0.722. The molecule has 0 bridgehead atoms. The van der Waals surface area contributed by atoms with Crippen LogP contribution in [-0.4, -0.2) is 29.6 Å². The average Bonchev–Trinajstić information content (AvgIpc) is 3.08. The van der Waals surface area contributed by atoms with Crippen molar-refractivity contribution in [3.8, 4) is 0 Å². The zero-order valence-corrected chi connectivity index (χ0v) is 15.0. The van der Waals surface area contributed by atoms with Crippen LogP contribution in [-0.2, 0) is 19.1 Å². The van der Waals surface area contributed by atoms with Crippen LogP contribution in [0.25, 0.3) is 0 Å². The highest BCUT2D eigenvalue weighted by molar-refractivity contribution is 5.98. The van der Waals surface area contributed by atoms with Crippen molar-refractivity contribution in [1.29, 1.82) is 0 Å². The normalized spacial score (nSPS) is 43.1. The molecule has 2 fully saturated rings. The number of carbonyl (C=O) groups excluding carboxylic acids is 2. The number of rotatable bonds is 0. The number of ether oxygens (including phenoxy) is 2. The van der Waals surface area contributed by atoms with Gasteiger partial charge in [-0.1, -0.05) is 25.2 Å². The molecule has 0 saturated carbocycles. The summed E-state index contributed by atoms with van der Waals surface area (Å²) in [7, 11) is 0. The van der Waals surface area contributed by atoms with Crippen LogP contribution in [0.5, 0.6) is 0 Å². The quantitative estimate of drug-likeness (QED) is 0.293. The lowest BCUT2D eigenvalue weighted by molar-refractivity contribution is -0.148. The van der Waals surface area contributed by atoms with Crippen molar-refractivity contribution in [1.82, 2.24) is 0 Å². The third-order valence-electron chi connectivity index (χ3n) is 5.92. The van der Waals surface area contributed by atoms with Gasteiger partial charge in [-0.25, -0.2) is 4.79 Å². The molecule has 0 spiro atoms. The minimum Gasteiger partial charge on any atom is -0.450 e. The summed E-state index contributed by atoms with van der Waals surface area (Å²) < 4.78 is 11.3. The highest BCUT2D eigenvalue weighted by atomic mass is 16.6. The van der Waals surface area contributed by atoms with Crippen molar-refractivity contribution in [2.45, 2.75) is 77.1 Å². The fraction of sp³-hybridized carbons (Fsp3) is 0.700. The molecule has 0 aromatic carbocycles. The van der Waals surface area contributed by atoms with Crippen LogP contribution in [0.1, 0.15) is 59.3 Å². The standard InChI is InChI=1S/C20H28O4/c1-12-7-5-9-13(2)17(21)18-15(14(3)19(22)23-18)11-16-20(4,24-16)10-6-8-12/h8,13,15-16,18H,3,5-7,9-11H2,1-2,4H3/b12-8+/t13-,15+,16-,18+,20-/m1/s1. The minimum absolute atomic E-state index is 0.0352. The van der Waals surface area contributed by atoms with Crippen molar-refractivity contribution < 1.29 is 19.1 Å². The van der Waals surface area contributed by atoms with E-state index in [1.54, 1.807) is 0 Å². The van der Waals surface area contributed by atoms with Gasteiger partial charge in [-0.15, -0.1) is 0 Å². The molecule has 0 N–H and O–H groups in total. The molecule has 0 aromatic heterocycles. The second-order valence-corrected chi connectivity index (χ2v) is 7.90. The lowest BCUT2D eigenvalue weighted by atomic mass is 9.82. The summed E-state index contributed by atoms with van der Waals surface area (Å²) in [6.45, 7) is 10.1. The highest BCUT2D eigenvalue weighted by Gasteiger charge is 2.55. The minimum atomic E-state index is -0.673. The molecular weight excluding hydrogens is 304 g/mol. The Morgan fingerprint density at radius 2 is 2.08 bits per heavy atom. The molecule has 4 nitrogen and oxygen atoms in total. The van der Waals surface area contributed by atoms with Crippen LogP contribution >= 0.6 is 0 Å². The Bertz CT molecular complexity index is 590. The van der Waals surface area contributed by atoms with E-state index in [2.05, 4.69) is 26.5 Å². The fourth-order valence-electron chi connectivity index (χ4n) is 3.99. The number of ketones is 1. The highest BCUT2D eigenvalue weighted by Crippen LogP contribution is 2.47. The van der Waals surface area contributed by atoms with Gasteiger partial charge in [0.05, 0.1) is 11.7 Å². The summed E-state index contributed by atoms with van der Waals surface area (Å²) in [6, 6.07) is 0. The summed E-state index contributed by atoms with van der Waals surface area (Å²) in [5, 5.41) is 0. The number of Topliss-reactive ketones (excluding diaryl/α,β-unsaturated/α-hetero) is 1. The van der Waals surface area contributed by atoms with E-state index in [9.17, 15) is 9.59 Å². The summed E-state index contributed by atoms with van der Waals surface area (Å²) in [4.78, 5) is 24.8. The molecule has 1 aliphatic carbocycles. The van der Waals surface area contributed by atoms with Crippen molar-refractivity contribution >= 4 is 11.8 Å². The second-order valence-electron chi connectivity index (χ2n) is 7.90. The first-order chi connectivity index (χ1) is 11.3. The molecule has 132 valence electrons. The topological polar surface area (TPSA) is 55.9 Å². The van der Waals surface area contributed by atoms with E-state index >= 15 is 0 Å². The molecule has 24 heavy (non-hydrogen) atoms. The van der Waals surface area contributed by atoms with Gasteiger partial charge in [0.15, 0.2) is 11.9 Å². The van der Waals surface area contributed by atoms with E-state index in [0.29, 0.717) is 12.0 Å². The van der Waals surface area contributed by atoms with Gasteiger partial charge in [-0.3, -0.25) is 4.79 Å². The molecule has 2 aliphatic heterocycles. The van der Waals surface area contributed by atoms with Crippen LogP contribution in [0.4, 0.5) is 0 Å². The molecule has 0 radical (unpaired) electrons. The van der Waals surface area contributed by atoms with Crippen LogP contribution in [0.3, 0.4) is 0 Å². The first-order valence-corrected chi connectivity index (χ1v) is 9.09. The van der Waals surface area contributed by atoms with E-state index in [1.807, 2.05) is 6.92 Å². The first kappa shape index (κ1) is 17.4. The predicted molar refractivity (Wildman–Crippen MR) is 91.4 cm³/mol. The average molecular weight is 332 g/mol. The summed E-state index contributed by atoms with van der Waals surface area (Å²) >= 11 is 0. The number of fused-ring (bicyclic) bond motifs is 2. The maximum Gasteiger partial charge on any atom is 0.334 e. The molecule has 3 aliphatic rings. The maximum atomic E-state index is 12.8. The molecule has 2 heterocycles. The molecule has 3 rings (SSSR count). The molecule has 0 unspecified atom stereocenters. The van der Waals surface area contributed by atoms with E-state index in [1.165, 1.54) is 5.57 Å². The Morgan fingerprint density at radius 1 is 1.33 bits per heavy atom. The largest absolute Gasteiger partial charge is 0.450 e. The molecule has 5 atom stereocenters. The molecule has 0 amide bonds. The number of hydrogen-bond donors (Lipinski definition) is 0. The van der Waals surface area contributed by atoms with Crippen LogP contribution < -0.4 is 0 Å². The monoisotopic (exact) mass is 332 g/mol. The third kappa shape index (κ3) is 3.34. The molecule has 2 saturated heterocycles. The van der Waals surface area contributed by atoms with Gasteiger partial charge in [0.1, 0.15) is 0 Å². The number of carbonyl (C=O) groups is 2. The van der Waals surface area contributed by atoms with Gasteiger partial charge in [0.2, 0.25) is 0 Å². The molecular formula is C20H28O4. The Labute approximate surface area is 144 Å². The van der Waals surface area contributed by atoms with Gasteiger partial charge in [-0.05, 0) is 52.4 Å². The smallest absolute Gasteiger partial charge is 0.334 e. The summed E-state index contributed by atoms with van der Waals surface area (Å²) in [6.07, 6.45) is 7.16. The second kappa shape index (κ2) is 6.47. The van der Waals surface area contributed by atoms with E-state index in [4.69, 9.17) is 9.47 Å². The van der Waals surface area contributed by atoms with Crippen LogP contribution in [0, 0.1) is 11.8 Å². The first-order valence-electron chi connectivity index (χ1n) is 9.09. The number of epoxide rings is 1. The van der Waals surface area contributed by atoms with Gasteiger partial charge in [-0.2, -0.15) is 0 Å². The van der Waals surface area contributed by atoms with E-state index < -0.39 is 12.1 Å². The zero-order valence-electron chi connectivity index (χ0n) is 15.0. The Morgan fingerprint density at radius 3 is 2.83 bits per heavy atom. The van der Waals surface area contributed by atoms with Crippen LogP contribution in [0.15, 0.2) is 23.8 Å². The molecule has 0 aromatic rings. The third-order valence-corrected chi connectivity index (χ3v) is 5.92. The Hall–Kier alpha value is -1.42. The van der Waals surface area contributed by atoms with Crippen LogP contribution in [0.2, 0.25) is 0 Å². The predicted octanol–water partition coefficient (Wildman–Crippen LogP) is 3.75. The van der Waals surface area contributed by atoms with Crippen molar-refractivity contribution in [3.05, 3.63) is 23.8 Å². The van der Waals surface area contributed by atoms with Crippen molar-refractivity contribution in [2.75, 3.05) is 0 Å². The number of hydrogen-bond acceptors (Lipinski definition) is 4. The van der Waals surface area contributed by atoms with E-state index in [0.717, 1.165) is 32.1 Å². The van der Waals surface area contributed by atoms with Crippen molar-refractivity contribution in [3.63, 3.8) is 0 Å². The Balaban J connectivity index is 1.81. The Kier molecular flexibility index (Phi) is 4.69. The fourth-order valence-corrected chi connectivity index (χ4v) is 3.99. The van der Waals surface area contributed by atoms with Gasteiger partial charge in [0.25, 0.3) is 0 Å². The maximum absolute atomic E-state index is 12.8. The van der Waals surface area contributed by atoms with Gasteiger partial charge < -0.3 is 9.47 Å². The van der Waals surface area contributed by atoms with Gasteiger partial charge >= 0.3 is 5.97 Å². The zero-order chi connectivity index (χ0) is 17.5.